The van der Waals surface area contributed by atoms with Gasteiger partial charge in [-0.1, -0.05) is 0 Å². The van der Waals surface area contributed by atoms with Gasteiger partial charge in [0.1, 0.15) is 34.5 Å². The summed E-state index contributed by atoms with van der Waals surface area (Å²) in [6, 6.07) is -2.10. The van der Waals surface area contributed by atoms with Gasteiger partial charge in [0.2, 0.25) is 0 Å². The number of carbonyl (C=O) groups is 6. The molecule has 51 heavy (non-hydrogen) atoms. The third-order valence-electron chi connectivity index (χ3n) is 7.51. The molecular weight excluding hydrogens is 666 g/mol. The van der Waals surface area contributed by atoms with Gasteiger partial charge < -0.3 is 29.2 Å². The minimum Gasteiger partial charge on any atom is -0.481 e. The molecule has 294 valence electrons. The molecule has 1 saturated heterocycles. The number of nitrogens with zero attached hydrogens (tertiary/aromatic N) is 3. The van der Waals surface area contributed by atoms with Gasteiger partial charge in [0.25, 0.3) is 0 Å². The van der Waals surface area contributed by atoms with Gasteiger partial charge in [-0.15, -0.1) is 0 Å². The first-order chi connectivity index (χ1) is 22.9. The lowest BCUT2D eigenvalue weighted by Gasteiger charge is -2.45. The Kier molecular flexibility index (Phi) is 16.1. The van der Waals surface area contributed by atoms with E-state index >= 15 is 0 Å². The molecule has 0 aromatic heterocycles. The zero-order valence-corrected chi connectivity index (χ0v) is 33.0. The average molecular weight is 730 g/mol. The molecule has 1 rings (SSSR count). The predicted octanol–water partition coefficient (Wildman–Crippen LogP) is 3.50. The van der Waals surface area contributed by atoms with Crippen molar-refractivity contribution in [3.63, 3.8) is 0 Å². The molecule has 2 unspecified atom stereocenters. The van der Waals surface area contributed by atoms with Crippen molar-refractivity contribution in [2.45, 2.75) is 156 Å². The predicted molar refractivity (Wildman–Crippen MR) is 188 cm³/mol. The number of ether oxygens (including phenoxy) is 4. The third-order valence-corrected chi connectivity index (χ3v) is 7.51. The van der Waals surface area contributed by atoms with E-state index in [0.717, 1.165) is 0 Å². The number of carbonyl (C=O) groups excluding carboxylic acids is 4. The van der Waals surface area contributed by atoms with Crippen LogP contribution in [0.5, 0.6) is 0 Å². The lowest BCUT2D eigenvalue weighted by molar-refractivity contribution is -0.168. The Morgan fingerprint density at radius 3 is 1.14 bits per heavy atom. The smallest absolute Gasteiger partial charge is 0.323 e. The summed E-state index contributed by atoms with van der Waals surface area (Å²) in [5.74, 6) is -4.81. The molecular formula is C36H63N3O12. The Hall–Kier alpha value is -3.30. The van der Waals surface area contributed by atoms with Crippen molar-refractivity contribution in [2.75, 3.05) is 39.3 Å². The second-order valence-electron chi connectivity index (χ2n) is 17.4. The average Bonchev–Trinajstić information content (AvgIpc) is 3.03. The summed E-state index contributed by atoms with van der Waals surface area (Å²) in [6.45, 7) is 21.7. The van der Waals surface area contributed by atoms with Crippen LogP contribution >= 0.6 is 0 Å². The van der Waals surface area contributed by atoms with Crippen molar-refractivity contribution in [1.29, 1.82) is 0 Å². The van der Waals surface area contributed by atoms with Gasteiger partial charge in [-0.2, -0.15) is 0 Å². The van der Waals surface area contributed by atoms with E-state index in [0.29, 0.717) is 0 Å². The standard InChI is InChI=1S/C36H63N3O12/c1-32(2,3)48-28(44)20-39(21-29(45)49-33(4,5)6)36(13)22-37(24(14-16-26(40)41)30(46)50-34(7,8)9)18-19-38(23-36)25(15-17-27(42)43)31(47)51-35(10,11)12/h24-25H,14-23H2,1-13H3,(H,40,41)(H,42,43). The van der Waals surface area contributed by atoms with Crippen LogP contribution in [0.3, 0.4) is 0 Å². The molecule has 1 aliphatic rings. The van der Waals surface area contributed by atoms with E-state index in [-0.39, 0.29) is 65.0 Å². The Labute approximate surface area is 303 Å². The summed E-state index contributed by atoms with van der Waals surface area (Å²) in [5, 5.41) is 19.2. The highest BCUT2D eigenvalue weighted by molar-refractivity contribution is 5.79. The van der Waals surface area contributed by atoms with Crippen molar-refractivity contribution in [2.24, 2.45) is 0 Å². The van der Waals surface area contributed by atoms with E-state index < -0.39 is 75.8 Å². The number of rotatable bonds is 15. The first-order valence-electron chi connectivity index (χ1n) is 17.5. The van der Waals surface area contributed by atoms with Crippen LogP contribution in [0.25, 0.3) is 0 Å². The maximum Gasteiger partial charge on any atom is 0.323 e. The zero-order chi connectivity index (χ0) is 39.8. The zero-order valence-electron chi connectivity index (χ0n) is 33.0. The minimum absolute atomic E-state index is 0.0125. The number of carboxylic acids is 2. The Morgan fingerprint density at radius 2 is 0.882 bits per heavy atom. The van der Waals surface area contributed by atoms with Crippen molar-refractivity contribution >= 4 is 35.8 Å². The molecule has 0 amide bonds. The van der Waals surface area contributed by atoms with Crippen LogP contribution in [-0.4, -0.2) is 140 Å². The molecule has 0 aromatic rings. The van der Waals surface area contributed by atoms with E-state index in [1.807, 2.05) is 0 Å². The molecule has 1 heterocycles. The molecule has 1 aliphatic heterocycles. The molecule has 1 fully saturated rings. The molecule has 15 nitrogen and oxygen atoms in total. The van der Waals surface area contributed by atoms with Crippen LogP contribution in [0.15, 0.2) is 0 Å². The number of esters is 4. The summed E-state index contributed by atoms with van der Waals surface area (Å²) < 4.78 is 22.8. The van der Waals surface area contributed by atoms with Crippen LogP contribution in [0.4, 0.5) is 0 Å². The molecule has 2 N–H and O–H groups in total. The van der Waals surface area contributed by atoms with Gasteiger partial charge in [0, 0.05) is 44.6 Å². The highest BCUT2D eigenvalue weighted by atomic mass is 16.6. The number of hydrogen-bond acceptors (Lipinski definition) is 13. The van der Waals surface area contributed by atoms with Crippen LogP contribution in [-0.2, 0) is 47.7 Å². The molecule has 0 aliphatic carbocycles. The van der Waals surface area contributed by atoms with Gasteiger partial charge in [-0.3, -0.25) is 43.5 Å². The van der Waals surface area contributed by atoms with E-state index in [1.165, 1.54) is 0 Å². The number of carboxylic acid groups (broad SMARTS) is 2. The maximum absolute atomic E-state index is 13.7. The highest BCUT2D eigenvalue weighted by Crippen LogP contribution is 2.29. The normalized spacial score (nSPS) is 19.4. The second kappa shape index (κ2) is 18.0. The lowest BCUT2D eigenvalue weighted by atomic mass is 9.95. The first-order valence-corrected chi connectivity index (χ1v) is 17.5. The van der Waals surface area contributed by atoms with Crippen LogP contribution in [0.1, 0.15) is 116 Å². The lowest BCUT2D eigenvalue weighted by Crippen LogP contribution is -2.62. The van der Waals surface area contributed by atoms with Gasteiger partial charge >= 0.3 is 35.8 Å². The summed E-state index contributed by atoms with van der Waals surface area (Å²) in [4.78, 5) is 82.8. The Bertz CT molecular complexity index is 1150. The third kappa shape index (κ3) is 18.2. The van der Waals surface area contributed by atoms with E-state index in [1.54, 1.807) is 105 Å². The van der Waals surface area contributed by atoms with Crippen LogP contribution in [0.2, 0.25) is 0 Å². The fourth-order valence-electron chi connectivity index (χ4n) is 5.73. The monoisotopic (exact) mass is 729 g/mol. The largest absolute Gasteiger partial charge is 0.481 e. The van der Waals surface area contributed by atoms with E-state index in [4.69, 9.17) is 18.9 Å². The van der Waals surface area contributed by atoms with Crippen molar-refractivity contribution in [3.8, 4) is 0 Å². The van der Waals surface area contributed by atoms with E-state index in [9.17, 15) is 39.0 Å². The summed E-state index contributed by atoms with van der Waals surface area (Å²) >= 11 is 0. The quantitative estimate of drug-likeness (QED) is 0.184. The van der Waals surface area contributed by atoms with Crippen molar-refractivity contribution < 1.29 is 57.9 Å². The van der Waals surface area contributed by atoms with Gasteiger partial charge in [0.05, 0.1) is 13.1 Å². The van der Waals surface area contributed by atoms with Gasteiger partial charge in [-0.05, 0) is 103 Å². The molecule has 0 spiro atoms. The second-order valence-corrected chi connectivity index (χ2v) is 17.4. The SMILES string of the molecule is CC(C)(C)OC(=O)CN(CC(=O)OC(C)(C)C)C1(C)CN(C(CCC(=O)O)C(=O)OC(C)(C)C)CCN(C(CCC(=O)O)C(=O)OC(C)(C)C)C1. The highest BCUT2D eigenvalue weighted by Gasteiger charge is 2.46. The summed E-state index contributed by atoms with van der Waals surface area (Å²) in [5.41, 5.74) is -4.71. The van der Waals surface area contributed by atoms with Crippen molar-refractivity contribution in [1.82, 2.24) is 14.7 Å². The minimum atomic E-state index is -1.22. The van der Waals surface area contributed by atoms with Gasteiger partial charge in [0.15, 0.2) is 0 Å². The Balaban J connectivity index is 3.95. The fraction of sp³-hybridized carbons (Fsp3) is 0.833. The van der Waals surface area contributed by atoms with Crippen LogP contribution in [0, 0.1) is 0 Å². The number of aliphatic carboxylic acids is 2. The fourth-order valence-corrected chi connectivity index (χ4v) is 5.73. The van der Waals surface area contributed by atoms with Gasteiger partial charge in [-0.25, -0.2) is 0 Å². The Morgan fingerprint density at radius 1 is 0.588 bits per heavy atom. The maximum atomic E-state index is 13.7. The summed E-state index contributed by atoms with van der Waals surface area (Å²) in [6.07, 6.45) is -0.904. The summed E-state index contributed by atoms with van der Waals surface area (Å²) in [7, 11) is 0. The topological polar surface area (TPSA) is 190 Å². The van der Waals surface area contributed by atoms with E-state index in [2.05, 4.69) is 0 Å². The number of hydrogen-bond donors (Lipinski definition) is 2. The first kappa shape index (κ1) is 45.7. The molecule has 2 atom stereocenters. The molecule has 0 bridgehead atoms. The van der Waals surface area contributed by atoms with Crippen molar-refractivity contribution in [3.05, 3.63) is 0 Å². The molecule has 0 radical (unpaired) electrons. The van der Waals surface area contributed by atoms with Crippen LogP contribution < -0.4 is 0 Å². The molecule has 0 aromatic carbocycles. The molecule has 15 heteroatoms. The molecule has 0 saturated carbocycles.